The van der Waals surface area contributed by atoms with Gasteiger partial charge in [0.25, 0.3) is 0 Å². The Labute approximate surface area is 109 Å². The molecule has 0 aliphatic rings. The van der Waals surface area contributed by atoms with Crippen molar-refractivity contribution in [3.8, 4) is 11.4 Å². The number of hydrogen-bond donors (Lipinski definition) is 0. The maximum atomic E-state index is 6.20. The summed E-state index contributed by atoms with van der Waals surface area (Å²) in [6, 6.07) is 9.70. The number of aromatic nitrogens is 3. The molecule has 0 atom stereocenters. The van der Waals surface area contributed by atoms with Crippen molar-refractivity contribution in [2.45, 2.75) is 6.92 Å². The van der Waals surface area contributed by atoms with E-state index >= 15 is 0 Å². The molecule has 0 bridgehead atoms. The molecule has 0 saturated heterocycles. The van der Waals surface area contributed by atoms with Gasteiger partial charge >= 0.3 is 0 Å². The monoisotopic (exact) mass is 255 g/mol. The molecule has 3 aromatic rings. The zero-order valence-electron chi connectivity index (χ0n) is 9.76. The zero-order chi connectivity index (χ0) is 12.5. The number of pyridine rings is 1. The van der Waals surface area contributed by atoms with Gasteiger partial charge in [-0.2, -0.15) is 0 Å². The molecule has 0 amide bonds. The highest BCUT2D eigenvalue weighted by molar-refractivity contribution is 6.34. The Kier molecular flexibility index (Phi) is 2.68. The van der Waals surface area contributed by atoms with E-state index in [1.165, 1.54) is 0 Å². The van der Waals surface area contributed by atoms with Crippen LogP contribution in [0.1, 0.15) is 5.56 Å². The summed E-state index contributed by atoms with van der Waals surface area (Å²) in [5, 5.41) is 1.35. The molecule has 0 fully saturated rings. The fourth-order valence-corrected chi connectivity index (χ4v) is 2.07. The van der Waals surface area contributed by atoms with E-state index in [0.29, 0.717) is 11.0 Å². The lowest BCUT2D eigenvalue weighted by molar-refractivity contribution is 1.21. The van der Waals surface area contributed by atoms with Crippen molar-refractivity contribution in [1.82, 2.24) is 15.0 Å². The number of rotatable bonds is 1. The van der Waals surface area contributed by atoms with E-state index in [9.17, 15) is 0 Å². The molecule has 2 heterocycles. The average Bonchev–Trinajstić information content (AvgIpc) is 2.39. The lowest BCUT2D eigenvalue weighted by Gasteiger charge is -2.05. The Morgan fingerprint density at radius 2 is 1.78 bits per heavy atom. The van der Waals surface area contributed by atoms with Crippen LogP contribution in [0, 0.1) is 6.92 Å². The molecule has 3 rings (SSSR count). The topological polar surface area (TPSA) is 38.7 Å². The molecule has 0 spiro atoms. The molecule has 0 aliphatic carbocycles. The number of hydrogen-bond acceptors (Lipinski definition) is 3. The van der Waals surface area contributed by atoms with E-state index < -0.39 is 0 Å². The van der Waals surface area contributed by atoms with Gasteiger partial charge in [0.05, 0.1) is 5.52 Å². The van der Waals surface area contributed by atoms with E-state index in [0.717, 1.165) is 22.0 Å². The third kappa shape index (κ3) is 1.93. The van der Waals surface area contributed by atoms with Crippen molar-refractivity contribution in [2.75, 3.05) is 0 Å². The van der Waals surface area contributed by atoms with Crippen LogP contribution in [0.3, 0.4) is 0 Å². The van der Waals surface area contributed by atoms with Crippen LogP contribution in [0.2, 0.25) is 5.15 Å². The normalized spacial score (nSPS) is 10.8. The van der Waals surface area contributed by atoms with E-state index in [1.54, 1.807) is 12.4 Å². The van der Waals surface area contributed by atoms with Gasteiger partial charge in [-0.25, -0.2) is 9.97 Å². The minimum atomic E-state index is 0.479. The summed E-state index contributed by atoms with van der Waals surface area (Å²) in [4.78, 5) is 12.9. The molecule has 0 saturated carbocycles. The number of halogens is 1. The predicted octanol–water partition coefficient (Wildman–Crippen LogP) is 3.65. The van der Waals surface area contributed by atoms with Gasteiger partial charge in [-0.3, -0.25) is 4.98 Å². The van der Waals surface area contributed by atoms with Crippen molar-refractivity contribution in [1.29, 1.82) is 0 Å². The fourth-order valence-electron chi connectivity index (χ4n) is 1.83. The van der Waals surface area contributed by atoms with Gasteiger partial charge in [0, 0.05) is 23.3 Å². The average molecular weight is 256 g/mol. The van der Waals surface area contributed by atoms with Crippen LogP contribution in [0.4, 0.5) is 0 Å². The molecule has 1 aromatic carbocycles. The van der Waals surface area contributed by atoms with Gasteiger partial charge in [0.2, 0.25) is 0 Å². The first-order valence-corrected chi connectivity index (χ1v) is 5.96. The predicted molar refractivity (Wildman–Crippen MR) is 72.5 cm³/mol. The standard InChI is InChI=1S/C14H10ClN3/c1-9-2-3-11-12(8-9)17-14(18-13(11)15)10-4-6-16-7-5-10/h2-8H,1H3. The number of fused-ring (bicyclic) bond motifs is 1. The Bertz CT molecular complexity index is 711. The maximum absolute atomic E-state index is 6.20. The number of nitrogens with zero attached hydrogens (tertiary/aromatic N) is 3. The van der Waals surface area contributed by atoms with Gasteiger partial charge < -0.3 is 0 Å². The molecule has 88 valence electrons. The Balaban J connectivity index is 2.27. The van der Waals surface area contributed by atoms with E-state index in [-0.39, 0.29) is 0 Å². The van der Waals surface area contributed by atoms with Crippen molar-refractivity contribution in [3.05, 3.63) is 53.4 Å². The minimum absolute atomic E-state index is 0.479. The van der Waals surface area contributed by atoms with E-state index in [1.807, 2.05) is 37.3 Å². The maximum Gasteiger partial charge on any atom is 0.161 e. The smallest absolute Gasteiger partial charge is 0.161 e. The molecular weight excluding hydrogens is 246 g/mol. The highest BCUT2D eigenvalue weighted by atomic mass is 35.5. The summed E-state index contributed by atoms with van der Waals surface area (Å²) in [5.41, 5.74) is 2.93. The van der Waals surface area contributed by atoms with Crippen LogP contribution in [0.25, 0.3) is 22.3 Å². The molecule has 0 aliphatic heterocycles. The van der Waals surface area contributed by atoms with Crippen LogP contribution in [0.15, 0.2) is 42.7 Å². The molecule has 4 heteroatoms. The summed E-state index contributed by atoms with van der Waals surface area (Å²) < 4.78 is 0. The summed E-state index contributed by atoms with van der Waals surface area (Å²) in [6.45, 7) is 2.03. The lowest BCUT2D eigenvalue weighted by Crippen LogP contribution is -1.92. The molecule has 2 aromatic heterocycles. The van der Waals surface area contributed by atoms with Gasteiger partial charge in [-0.15, -0.1) is 0 Å². The van der Waals surface area contributed by atoms with Gasteiger partial charge in [-0.05, 0) is 36.8 Å². The van der Waals surface area contributed by atoms with Crippen LogP contribution in [-0.2, 0) is 0 Å². The van der Waals surface area contributed by atoms with E-state index in [4.69, 9.17) is 11.6 Å². The second-order valence-electron chi connectivity index (χ2n) is 4.09. The van der Waals surface area contributed by atoms with Crippen LogP contribution < -0.4 is 0 Å². The van der Waals surface area contributed by atoms with Crippen LogP contribution in [-0.4, -0.2) is 15.0 Å². The SMILES string of the molecule is Cc1ccc2c(Cl)nc(-c3ccncc3)nc2c1. The molecule has 0 N–H and O–H groups in total. The highest BCUT2D eigenvalue weighted by Gasteiger charge is 2.07. The minimum Gasteiger partial charge on any atom is -0.265 e. The third-order valence-electron chi connectivity index (χ3n) is 2.74. The molecular formula is C14H10ClN3. The first-order chi connectivity index (χ1) is 8.74. The third-order valence-corrected chi connectivity index (χ3v) is 3.03. The lowest BCUT2D eigenvalue weighted by atomic mass is 10.1. The summed E-state index contributed by atoms with van der Waals surface area (Å²) in [7, 11) is 0. The van der Waals surface area contributed by atoms with Crippen molar-refractivity contribution in [2.24, 2.45) is 0 Å². The van der Waals surface area contributed by atoms with Gasteiger partial charge in [-0.1, -0.05) is 17.7 Å². The van der Waals surface area contributed by atoms with E-state index in [2.05, 4.69) is 15.0 Å². The number of aryl methyl sites for hydroxylation is 1. The van der Waals surface area contributed by atoms with Crippen molar-refractivity contribution >= 4 is 22.5 Å². The van der Waals surface area contributed by atoms with Gasteiger partial charge in [0.15, 0.2) is 5.82 Å². The number of benzene rings is 1. The largest absolute Gasteiger partial charge is 0.265 e. The summed E-state index contributed by atoms with van der Waals surface area (Å²) in [6.07, 6.45) is 3.43. The van der Waals surface area contributed by atoms with Crippen LogP contribution in [0.5, 0.6) is 0 Å². The molecule has 0 radical (unpaired) electrons. The van der Waals surface area contributed by atoms with Crippen molar-refractivity contribution < 1.29 is 0 Å². The first kappa shape index (κ1) is 11.1. The Morgan fingerprint density at radius 1 is 1.00 bits per heavy atom. The Morgan fingerprint density at radius 3 is 2.56 bits per heavy atom. The summed E-state index contributed by atoms with van der Waals surface area (Å²) in [5.74, 6) is 0.625. The first-order valence-electron chi connectivity index (χ1n) is 5.58. The molecule has 3 nitrogen and oxygen atoms in total. The van der Waals surface area contributed by atoms with Crippen LogP contribution >= 0.6 is 11.6 Å². The summed E-state index contributed by atoms with van der Waals surface area (Å²) >= 11 is 6.20. The quantitative estimate of drug-likeness (QED) is 0.623. The highest BCUT2D eigenvalue weighted by Crippen LogP contribution is 2.25. The second kappa shape index (κ2) is 4.35. The molecule has 18 heavy (non-hydrogen) atoms. The second-order valence-corrected chi connectivity index (χ2v) is 4.45. The Hall–Kier alpha value is -2.00. The van der Waals surface area contributed by atoms with Crippen molar-refractivity contribution in [3.63, 3.8) is 0 Å². The zero-order valence-corrected chi connectivity index (χ0v) is 10.5. The molecule has 0 unspecified atom stereocenters. The fraction of sp³-hybridized carbons (Fsp3) is 0.0714. The van der Waals surface area contributed by atoms with Gasteiger partial charge in [0.1, 0.15) is 5.15 Å².